The van der Waals surface area contributed by atoms with Crippen molar-refractivity contribution in [3.8, 4) is 0 Å². The van der Waals surface area contributed by atoms with Gasteiger partial charge in [-0.15, -0.1) is 0 Å². The van der Waals surface area contributed by atoms with Crippen LogP contribution in [0.4, 0.5) is 4.79 Å². The first kappa shape index (κ1) is 10.8. The Bertz CT molecular complexity index is 228. The minimum absolute atomic E-state index is 0.0888. The Morgan fingerprint density at radius 1 is 1.27 bits per heavy atom. The highest BCUT2D eigenvalue weighted by Crippen LogP contribution is 2.35. The molecule has 1 saturated heterocycles. The summed E-state index contributed by atoms with van der Waals surface area (Å²) in [5.74, 6) is 0.747. The number of carbonyl (C=O) groups excluding carboxylic acids is 1. The highest BCUT2D eigenvalue weighted by molar-refractivity contribution is 5.68. The van der Waals surface area contributed by atoms with E-state index in [1.54, 1.807) is 0 Å². The predicted molar refractivity (Wildman–Crippen MR) is 58.7 cm³/mol. The number of amides is 1. The summed E-state index contributed by atoms with van der Waals surface area (Å²) in [5, 5.41) is 0. The molecule has 3 nitrogen and oxygen atoms in total. The number of nitrogens with zero attached hydrogens (tertiary/aromatic N) is 1. The standard InChI is InChI=1S/C12H21NO2/c1-2-15-12(14)13-9-5-7-10-6-3-4-8-11(10)13/h10-11H,2-9H2,1H3/t10-,11+/m0/s1. The third-order valence-corrected chi connectivity index (χ3v) is 3.75. The molecule has 0 radical (unpaired) electrons. The molecule has 1 heterocycles. The van der Waals surface area contributed by atoms with Crippen LogP contribution in [0.5, 0.6) is 0 Å². The van der Waals surface area contributed by atoms with Gasteiger partial charge in [-0.25, -0.2) is 4.79 Å². The molecule has 0 aromatic rings. The normalized spacial score (nSPS) is 30.9. The fourth-order valence-corrected chi connectivity index (χ4v) is 3.06. The summed E-state index contributed by atoms with van der Waals surface area (Å²) in [6.45, 7) is 3.27. The number of hydrogen-bond donors (Lipinski definition) is 0. The van der Waals surface area contributed by atoms with Crippen LogP contribution in [-0.2, 0) is 4.74 Å². The van der Waals surface area contributed by atoms with Gasteiger partial charge >= 0.3 is 6.09 Å². The van der Waals surface area contributed by atoms with Gasteiger partial charge in [0.1, 0.15) is 0 Å². The predicted octanol–water partition coefficient (Wildman–Crippen LogP) is 2.80. The van der Waals surface area contributed by atoms with Crippen molar-refractivity contribution in [2.45, 2.75) is 51.5 Å². The van der Waals surface area contributed by atoms with Crippen LogP contribution in [0.1, 0.15) is 45.4 Å². The van der Waals surface area contributed by atoms with E-state index in [0.29, 0.717) is 12.6 Å². The van der Waals surface area contributed by atoms with E-state index in [9.17, 15) is 4.79 Å². The van der Waals surface area contributed by atoms with E-state index >= 15 is 0 Å². The number of ether oxygens (including phenoxy) is 1. The summed E-state index contributed by atoms with van der Waals surface area (Å²) >= 11 is 0. The number of rotatable bonds is 1. The zero-order valence-corrected chi connectivity index (χ0v) is 9.58. The Morgan fingerprint density at radius 3 is 2.80 bits per heavy atom. The molecule has 15 heavy (non-hydrogen) atoms. The van der Waals surface area contributed by atoms with Crippen molar-refractivity contribution in [2.24, 2.45) is 5.92 Å². The monoisotopic (exact) mass is 211 g/mol. The zero-order chi connectivity index (χ0) is 10.7. The minimum atomic E-state index is -0.0888. The molecule has 0 bridgehead atoms. The number of hydrogen-bond acceptors (Lipinski definition) is 2. The highest BCUT2D eigenvalue weighted by atomic mass is 16.6. The Balaban J connectivity index is 2.00. The second kappa shape index (κ2) is 4.86. The molecule has 1 aliphatic heterocycles. The van der Waals surface area contributed by atoms with Crippen molar-refractivity contribution in [3.63, 3.8) is 0 Å². The molecule has 1 aliphatic carbocycles. The summed E-state index contributed by atoms with van der Waals surface area (Å²) in [7, 11) is 0. The number of fused-ring (bicyclic) bond motifs is 1. The van der Waals surface area contributed by atoms with E-state index in [2.05, 4.69) is 0 Å². The number of piperidine rings is 1. The Hall–Kier alpha value is -0.730. The molecule has 1 saturated carbocycles. The van der Waals surface area contributed by atoms with Gasteiger partial charge in [0.05, 0.1) is 6.61 Å². The Kier molecular flexibility index (Phi) is 3.49. The molecule has 2 fully saturated rings. The SMILES string of the molecule is CCOC(=O)N1CCC[C@@H]2CCCC[C@H]21. The van der Waals surface area contributed by atoms with Crippen LogP contribution < -0.4 is 0 Å². The second-order valence-electron chi connectivity index (χ2n) is 4.65. The van der Waals surface area contributed by atoms with E-state index in [1.165, 1.54) is 32.1 Å². The van der Waals surface area contributed by atoms with E-state index < -0.39 is 0 Å². The van der Waals surface area contributed by atoms with Crippen LogP contribution in [-0.4, -0.2) is 30.2 Å². The third-order valence-electron chi connectivity index (χ3n) is 3.75. The van der Waals surface area contributed by atoms with E-state index in [1.807, 2.05) is 11.8 Å². The molecule has 2 atom stereocenters. The lowest BCUT2D eigenvalue weighted by molar-refractivity contribution is 0.0397. The molecule has 86 valence electrons. The summed E-state index contributed by atoms with van der Waals surface area (Å²) < 4.78 is 5.12. The van der Waals surface area contributed by atoms with Gasteiger partial charge in [0.15, 0.2) is 0 Å². The maximum atomic E-state index is 11.8. The largest absolute Gasteiger partial charge is 0.450 e. The fraction of sp³-hybridized carbons (Fsp3) is 0.917. The molecule has 0 aromatic carbocycles. The van der Waals surface area contributed by atoms with Gasteiger partial charge in [-0.2, -0.15) is 0 Å². The molecule has 2 aliphatic rings. The molecular weight excluding hydrogens is 190 g/mol. The van der Waals surface area contributed by atoms with Gasteiger partial charge in [-0.1, -0.05) is 12.8 Å². The molecule has 0 unspecified atom stereocenters. The lowest BCUT2D eigenvalue weighted by Crippen LogP contribution is -2.49. The molecule has 2 rings (SSSR count). The van der Waals surface area contributed by atoms with Crippen LogP contribution in [0.2, 0.25) is 0 Å². The van der Waals surface area contributed by atoms with E-state index in [-0.39, 0.29) is 6.09 Å². The van der Waals surface area contributed by atoms with Crippen LogP contribution in [0.3, 0.4) is 0 Å². The van der Waals surface area contributed by atoms with Gasteiger partial charge in [-0.3, -0.25) is 0 Å². The highest BCUT2D eigenvalue weighted by Gasteiger charge is 2.36. The first-order valence-corrected chi connectivity index (χ1v) is 6.26. The van der Waals surface area contributed by atoms with Crippen molar-refractivity contribution in [1.29, 1.82) is 0 Å². The Labute approximate surface area is 91.8 Å². The maximum Gasteiger partial charge on any atom is 0.410 e. The molecule has 3 heteroatoms. The second-order valence-corrected chi connectivity index (χ2v) is 4.65. The third kappa shape index (κ3) is 2.27. The summed E-state index contributed by atoms with van der Waals surface area (Å²) in [4.78, 5) is 13.7. The minimum Gasteiger partial charge on any atom is -0.450 e. The fourth-order valence-electron chi connectivity index (χ4n) is 3.06. The average molecular weight is 211 g/mol. The zero-order valence-electron chi connectivity index (χ0n) is 9.58. The van der Waals surface area contributed by atoms with Crippen molar-refractivity contribution >= 4 is 6.09 Å². The molecule has 0 aromatic heterocycles. The van der Waals surface area contributed by atoms with Gasteiger partial charge < -0.3 is 9.64 Å². The van der Waals surface area contributed by atoms with Gasteiger partial charge in [0, 0.05) is 12.6 Å². The van der Waals surface area contributed by atoms with Crippen LogP contribution in [0.15, 0.2) is 0 Å². The van der Waals surface area contributed by atoms with Gasteiger partial charge in [0.2, 0.25) is 0 Å². The summed E-state index contributed by atoms with van der Waals surface area (Å²) in [6.07, 6.45) is 7.48. The van der Waals surface area contributed by atoms with Crippen molar-refractivity contribution in [1.82, 2.24) is 4.90 Å². The first-order valence-electron chi connectivity index (χ1n) is 6.26. The topological polar surface area (TPSA) is 29.5 Å². The van der Waals surface area contributed by atoms with Crippen molar-refractivity contribution < 1.29 is 9.53 Å². The van der Waals surface area contributed by atoms with E-state index in [4.69, 9.17) is 4.74 Å². The number of likely N-dealkylation sites (tertiary alicyclic amines) is 1. The van der Waals surface area contributed by atoms with Gasteiger partial charge in [-0.05, 0) is 38.5 Å². The lowest BCUT2D eigenvalue weighted by Gasteiger charge is -2.43. The molecule has 0 N–H and O–H groups in total. The molecule has 1 amide bonds. The molecule has 0 spiro atoms. The summed E-state index contributed by atoms with van der Waals surface area (Å²) in [5.41, 5.74) is 0. The summed E-state index contributed by atoms with van der Waals surface area (Å²) in [6, 6.07) is 0.478. The quantitative estimate of drug-likeness (QED) is 0.667. The maximum absolute atomic E-state index is 11.8. The molecular formula is C12H21NO2. The van der Waals surface area contributed by atoms with Crippen molar-refractivity contribution in [2.75, 3.05) is 13.2 Å². The Morgan fingerprint density at radius 2 is 2.00 bits per heavy atom. The number of carbonyl (C=O) groups is 1. The lowest BCUT2D eigenvalue weighted by atomic mass is 9.78. The van der Waals surface area contributed by atoms with Crippen LogP contribution in [0, 0.1) is 5.92 Å². The average Bonchev–Trinajstić information content (AvgIpc) is 2.28. The van der Waals surface area contributed by atoms with E-state index in [0.717, 1.165) is 18.9 Å². The van der Waals surface area contributed by atoms with Crippen LogP contribution in [0.25, 0.3) is 0 Å². The first-order chi connectivity index (χ1) is 7.33. The van der Waals surface area contributed by atoms with Crippen molar-refractivity contribution in [3.05, 3.63) is 0 Å². The smallest absolute Gasteiger partial charge is 0.410 e. The van der Waals surface area contributed by atoms with Gasteiger partial charge in [0.25, 0.3) is 0 Å². The van der Waals surface area contributed by atoms with Crippen LogP contribution >= 0.6 is 0 Å².